The van der Waals surface area contributed by atoms with Crippen molar-refractivity contribution in [1.29, 1.82) is 0 Å². The number of phenols is 1. The van der Waals surface area contributed by atoms with Crippen LogP contribution in [-0.2, 0) is 0 Å². The van der Waals surface area contributed by atoms with E-state index >= 15 is 0 Å². The van der Waals surface area contributed by atoms with Gasteiger partial charge in [-0.2, -0.15) is 0 Å². The van der Waals surface area contributed by atoms with Crippen molar-refractivity contribution < 1.29 is 5.11 Å². The van der Waals surface area contributed by atoms with E-state index in [-0.39, 0.29) is 5.75 Å². The van der Waals surface area contributed by atoms with Gasteiger partial charge in [0.05, 0.1) is 5.69 Å². The molecule has 3 nitrogen and oxygen atoms in total. The molecule has 0 atom stereocenters. The molecule has 0 heterocycles. The molecule has 0 saturated carbocycles. The number of rotatable bonds is 2. The monoisotopic (exact) mass is 284 g/mol. The van der Waals surface area contributed by atoms with Crippen molar-refractivity contribution in [3.63, 3.8) is 0 Å². The summed E-state index contributed by atoms with van der Waals surface area (Å²) < 4.78 is 0. The molecule has 0 fully saturated rings. The predicted octanol–water partition coefficient (Wildman–Crippen LogP) is 4.52. The molecule has 20 heavy (non-hydrogen) atoms. The Morgan fingerprint density at radius 3 is 2.50 bits per heavy atom. The zero-order valence-electron chi connectivity index (χ0n) is 10.6. The number of anilines is 3. The number of halogens is 1. The maximum atomic E-state index is 9.83. The Balaban J connectivity index is 2.13. The fourth-order valence-electron chi connectivity index (χ4n) is 2.18. The van der Waals surface area contributed by atoms with E-state index in [9.17, 15) is 5.11 Å². The van der Waals surface area contributed by atoms with Crippen LogP contribution in [0, 0.1) is 0 Å². The summed E-state index contributed by atoms with van der Waals surface area (Å²) in [5.41, 5.74) is 8.17. The van der Waals surface area contributed by atoms with E-state index in [2.05, 4.69) is 5.32 Å². The zero-order valence-corrected chi connectivity index (χ0v) is 11.4. The van der Waals surface area contributed by atoms with Gasteiger partial charge in [-0.3, -0.25) is 0 Å². The number of fused-ring (bicyclic) bond motifs is 1. The van der Waals surface area contributed by atoms with Gasteiger partial charge in [0.25, 0.3) is 0 Å². The largest absolute Gasteiger partial charge is 0.506 e. The third-order valence-electron chi connectivity index (χ3n) is 3.19. The van der Waals surface area contributed by atoms with Crippen LogP contribution in [0.2, 0.25) is 5.02 Å². The standard InChI is InChI=1S/C16H13ClN2O/c17-10-5-6-11-12(9-10)13(18)7-8-14(11)19-15-3-1-2-4-16(15)20/h1-9,19-20H,18H2. The summed E-state index contributed by atoms with van der Waals surface area (Å²) in [7, 11) is 0. The van der Waals surface area contributed by atoms with Crippen molar-refractivity contribution in [3.8, 4) is 5.75 Å². The average Bonchev–Trinajstić information content (AvgIpc) is 2.44. The van der Waals surface area contributed by atoms with E-state index in [1.807, 2.05) is 42.5 Å². The third-order valence-corrected chi connectivity index (χ3v) is 3.42. The zero-order chi connectivity index (χ0) is 14.1. The quantitative estimate of drug-likeness (QED) is 0.479. The van der Waals surface area contributed by atoms with Gasteiger partial charge in [0.15, 0.2) is 0 Å². The van der Waals surface area contributed by atoms with E-state index in [0.29, 0.717) is 16.4 Å². The molecule has 0 bridgehead atoms. The second-order valence-corrected chi connectivity index (χ2v) is 4.97. The first-order chi connectivity index (χ1) is 9.65. The summed E-state index contributed by atoms with van der Waals surface area (Å²) in [5.74, 6) is 0.200. The van der Waals surface area contributed by atoms with Crippen LogP contribution in [-0.4, -0.2) is 5.11 Å². The Bertz CT molecular complexity index is 787. The van der Waals surface area contributed by atoms with Crippen LogP contribution in [0.5, 0.6) is 5.75 Å². The molecule has 4 heteroatoms. The first-order valence-corrected chi connectivity index (χ1v) is 6.56. The lowest BCUT2D eigenvalue weighted by molar-refractivity contribution is 0.478. The Hall–Kier alpha value is -2.39. The highest BCUT2D eigenvalue weighted by Crippen LogP contribution is 2.34. The Morgan fingerprint density at radius 2 is 1.70 bits per heavy atom. The SMILES string of the molecule is Nc1ccc(Nc2ccccc2O)c2ccc(Cl)cc12. The molecule has 0 aliphatic carbocycles. The first kappa shape index (κ1) is 12.6. The van der Waals surface area contributed by atoms with Crippen LogP contribution in [0.25, 0.3) is 10.8 Å². The molecule has 0 unspecified atom stereocenters. The van der Waals surface area contributed by atoms with Crippen LogP contribution in [0.15, 0.2) is 54.6 Å². The number of benzene rings is 3. The van der Waals surface area contributed by atoms with Crippen molar-refractivity contribution in [2.45, 2.75) is 0 Å². The van der Waals surface area contributed by atoms with Gasteiger partial charge in [-0.25, -0.2) is 0 Å². The first-order valence-electron chi connectivity index (χ1n) is 6.18. The lowest BCUT2D eigenvalue weighted by Crippen LogP contribution is -1.94. The van der Waals surface area contributed by atoms with Gasteiger partial charge < -0.3 is 16.2 Å². The fraction of sp³-hybridized carbons (Fsp3) is 0. The number of phenolic OH excluding ortho intramolecular Hbond substituents is 1. The molecule has 4 N–H and O–H groups in total. The molecule has 0 spiro atoms. The number of para-hydroxylation sites is 2. The number of hydrogen-bond acceptors (Lipinski definition) is 3. The molecule has 0 aliphatic rings. The molecule has 100 valence electrons. The lowest BCUT2D eigenvalue weighted by Gasteiger charge is -2.12. The van der Waals surface area contributed by atoms with Crippen molar-refractivity contribution >= 4 is 39.4 Å². The maximum absolute atomic E-state index is 9.83. The molecule has 0 aliphatic heterocycles. The average molecular weight is 285 g/mol. The number of nitrogens with one attached hydrogen (secondary N) is 1. The van der Waals surface area contributed by atoms with Crippen LogP contribution < -0.4 is 11.1 Å². The van der Waals surface area contributed by atoms with Crippen LogP contribution in [0.1, 0.15) is 0 Å². The van der Waals surface area contributed by atoms with E-state index in [1.54, 1.807) is 12.1 Å². The van der Waals surface area contributed by atoms with Crippen molar-refractivity contribution in [3.05, 3.63) is 59.6 Å². The molecule has 0 radical (unpaired) electrons. The fourth-order valence-corrected chi connectivity index (χ4v) is 2.35. The summed E-state index contributed by atoms with van der Waals surface area (Å²) in [5, 5.41) is 15.5. The molecule has 0 saturated heterocycles. The Kier molecular flexibility index (Phi) is 3.12. The molecule has 3 aromatic carbocycles. The highest BCUT2D eigenvalue weighted by Gasteiger charge is 2.07. The van der Waals surface area contributed by atoms with Crippen molar-refractivity contribution in [1.82, 2.24) is 0 Å². The van der Waals surface area contributed by atoms with Gasteiger partial charge in [0, 0.05) is 27.2 Å². The second kappa shape index (κ2) is 4.94. The molecule has 3 aromatic rings. The predicted molar refractivity (Wildman–Crippen MR) is 84.8 cm³/mol. The van der Waals surface area contributed by atoms with E-state index in [1.165, 1.54) is 0 Å². The minimum atomic E-state index is 0.200. The van der Waals surface area contributed by atoms with Gasteiger partial charge in [-0.15, -0.1) is 0 Å². The molecule has 0 amide bonds. The van der Waals surface area contributed by atoms with Crippen LogP contribution >= 0.6 is 11.6 Å². The van der Waals surface area contributed by atoms with Gasteiger partial charge in [0.1, 0.15) is 5.75 Å². The van der Waals surface area contributed by atoms with Crippen LogP contribution in [0.4, 0.5) is 17.1 Å². The van der Waals surface area contributed by atoms with E-state index < -0.39 is 0 Å². The number of nitrogens with two attached hydrogens (primary N) is 1. The van der Waals surface area contributed by atoms with E-state index in [4.69, 9.17) is 17.3 Å². The smallest absolute Gasteiger partial charge is 0.139 e. The van der Waals surface area contributed by atoms with Gasteiger partial charge in [-0.1, -0.05) is 29.8 Å². The molecule has 3 rings (SSSR count). The van der Waals surface area contributed by atoms with Crippen molar-refractivity contribution in [2.75, 3.05) is 11.1 Å². The lowest BCUT2D eigenvalue weighted by atomic mass is 10.1. The minimum Gasteiger partial charge on any atom is -0.506 e. The van der Waals surface area contributed by atoms with Gasteiger partial charge >= 0.3 is 0 Å². The topological polar surface area (TPSA) is 58.3 Å². The maximum Gasteiger partial charge on any atom is 0.139 e. The van der Waals surface area contributed by atoms with E-state index in [0.717, 1.165) is 16.5 Å². The summed E-state index contributed by atoms with van der Waals surface area (Å²) >= 11 is 6.01. The molecular formula is C16H13ClN2O. The van der Waals surface area contributed by atoms with Crippen LogP contribution in [0.3, 0.4) is 0 Å². The highest BCUT2D eigenvalue weighted by atomic mass is 35.5. The van der Waals surface area contributed by atoms with Gasteiger partial charge in [-0.05, 0) is 36.4 Å². The number of nitrogen functional groups attached to an aromatic ring is 1. The summed E-state index contributed by atoms with van der Waals surface area (Å²) in [6.07, 6.45) is 0. The number of aromatic hydroxyl groups is 1. The summed E-state index contributed by atoms with van der Waals surface area (Å²) in [4.78, 5) is 0. The van der Waals surface area contributed by atoms with Gasteiger partial charge in [0.2, 0.25) is 0 Å². The highest BCUT2D eigenvalue weighted by molar-refractivity contribution is 6.31. The normalized spacial score (nSPS) is 10.7. The second-order valence-electron chi connectivity index (χ2n) is 4.53. The molecule has 0 aromatic heterocycles. The number of hydrogen-bond donors (Lipinski definition) is 3. The summed E-state index contributed by atoms with van der Waals surface area (Å²) in [6.45, 7) is 0. The third kappa shape index (κ3) is 2.24. The minimum absolute atomic E-state index is 0.200. The Labute approximate surface area is 121 Å². The Morgan fingerprint density at radius 1 is 0.900 bits per heavy atom. The van der Waals surface area contributed by atoms with Crippen molar-refractivity contribution in [2.24, 2.45) is 0 Å². The molecular weight excluding hydrogens is 272 g/mol. The summed E-state index contributed by atoms with van der Waals surface area (Å²) in [6, 6.07) is 16.4.